The van der Waals surface area contributed by atoms with Crippen molar-refractivity contribution in [2.24, 2.45) is 0 Å². The Labute approximate surface area is 121 Å². The molecule has 0 aliphatic carbocycles. The van der Waals surface area contributed by atoms with Crippen LogP contribution in [0.4, 0.5) is 5.82 Å². The molecule has 0 atom stereocenters. The average Bonchev–Trinajstić information content (AvgIpc) is 2.48. The molecule has 1 N–H and O–H groups in total. The first-order valence-corrected chi connectivity index (χ1v) is 7.18. The fourth-order valence-corrected chi connectivity index (χ4v) is 2.53. The van der Waals surface area contributed by atoms with Crippen molar-refractivity contribution in [3.8, 4) is 0 Å². The number of hydrogen-bond donors (Lipinski definition) is 1. The highest BCUT2D eigenvalue weighted by Gasteiger charge is 2.11. The molecule has 1 heterocycles. The fourth-order valence-electron chi connectivity index (χ4n) is 2.53. The normalized spacial score (nSPS) is 10.7. The lowest BCUT2D eigenvalue weighted by molar-refractivity contribution is 0.798. The van der Waals surface area contributed by atoms with Crippen molar-refractivity contribution in [1.29, 1.82) is 0 Å². The van der Waals surface area contributed by atoms with Gasteiger partial charge in [-0.2, -0.15) is 0 Å². The van der Waals surface area contributed by atoms with E-state index in [9.17, 15) is 0 Å². The third-order valence-corrected chi connectivity index (χ3v) is 3.37. The van der Waals surface area contributed by atoms with Crippen LogP contribution in [0.25, 0.3) is 10.8 Å². The molecule has 1 aromatic carbocycles. The second-order valence-electron chi connectivity index (χ2n) is 4.92. The van der Waals surface area contributed by atoms with Gasteiger partial charge in [0.05, 0.1) is 0 Å². The number of aromatic nitrogens is 1. The van der Waals surface area contributed by atoms with E-state index in [1.807, 2.05) is 19.3 Å². The minimum Gasteiger partial charge on any atom is -0.352 e. The summed E-state index contributed by atoms with van der Waals surface area (Å²) in [7, 11) is 1.96. The molecule has 2 aromatic rings. The number of nitrogens with one attached hydrogen (secondary N) is 1. The van der Waals surface area contributed by atoms with E-state index < -0.39 is 0 Å². The van der Waals surface area contributed by atoms with Crippen molar-refractivity contribution < 1.29 is 0 Å². The third-order valence-electron chi connectivity index (χ3n) is 3.37. The number of benzene rings is 1. The lowest BCUT2D eigenvalue weighted by atomic mass is 10.1. The average molecular weight is 269 g/mol. The molecule has 0 saturated heterocycles. The van der Waals surface area contributed by atoms with Crippen LogP contribution in [0, 0.1) is 0 Å². The molecule has 0 bridgehead atoms. The minimum atomic E-state index is 0.830. The van der Waals surface area contributed by atoms with Gasteiger partial charge in [-0.1, -0.05) is 37.3 Å². The molecule has 0 aliphatic heterocycles. The molecule has 0 fully saturated rings. The molecule has 2 rings (SSSR count). The van der Waals surface area contributed by atoms with Crippen LogP contribution in [-0.2, 0) is 6.54 Å². The Morgan fingerprint density at radius 1 is 1.30 bits per heavy atom. The summed E-state index contributed by atoms with van der Waals surface area (Å²) in [4.78, 5) is 6.99. The number of rotatable bonds is 7. The Balaban J connectivity index is 2.53. The topological polar surface area (TPSA) is 28.2 Å². The maximum Gasteiger partial charge on any atom is 0.136 e. The summed E-state index contributed by atoms with van der Waals surface area (Å²) < 4.78 is 0. The van der Waals surface area contributed by atoms with Gasteiger partial charge >= 0.3 is 0 Å². The van der Waals surface area contributed by atoms with Gasteiger partial charge in [0.15, 0.2) is 0 Å². The van der Waals surface area contributed by atoms with Gasteiger partial charge in [0.25, 0.3) is 0 Å². The molecular weight excluding hydrogens is 246 g/mol. The molecule has 0 radical (unpaired) electrons. The van der Waals surface area contributed by atoms with E-state index in [4.69, 9.17) is 4.98 Å². The maximum atomic E-state index is 4.70. The molecular formula is C17H23N3. The Morgan fingerprint density at radius 3 is 2.70 bits per heavy atom. The summed E-state index contributed by atoms with van der Waals surface area (Å²) in [6.07, 6.45) is 5.02. The lowest BCUT2D eigenvalue weighted by Gasteiger charge is -2.23. The van der Waals surface area contributed by atoms with Crippen LogP contribution in [0.2, 0.25) is 0 Å². The fraction of sp³-hybridized carbons (Fsp3) is 0.353. The molecule has 0 saturated carbocycles. The molecule has 1 aromatic heterocycles. The van der Waals surface area contributed by atoms with E-state index in [-0.39, 0.29) is 0 Å². The Morgan fingerprint density at radius 2 is 2.05 bits per heavy atom. The van der Waals surface area contributed by atoms with Gasteiger partial charge in [-0.3, -0.25) is 0 Å². The SMILES string of the molecule is C=CCN(CCC)c1ncc(CNC)c2ccccc12. The lowest BCUT2D eigenvalue weighted by Crippen LogP contribution is -2.25. The standard InChI is InChI=1S/C17H23N3/c1-4-10-20(11-5-2)17-16-9-7-6-8-15(16)14(12-18-3)13-19-17/h4,6-9,13,18H,1,5,10-12H2,2-3H3. The van der Waals surface area contributed by atoms with E-state index in [1.54, 1.807) is 0 Å². The highest BCUT2D eigenvalue weighted by atomic mass is 15.2. The first kappa shape index (κ1) is 14.5. The second-order valence-corrected chi connectivity index (χ2v) is 4.92. The molecule has 106 valence electrons. The summed E-state index contributed by atoms with van der Waals surface area (Å²) in [5.41, 5.74) is 1.24. The molecule has 0 unspecified atom stereocenters. The van der Waals surface area contributed by atoms with Crippen LogP contribution in [0.15, 0.2) is 43.1 Å². The third kappa shape index (κ3) is 2.99. The first-order chi connectivity index (χ1) is 9.81. The van der Waals surface area contributed by atoms with Crippen LogP contribution in [-0.4, -0.2) is 25.1 Å². The number of anilines is 1. The molecule has 0 amide bonds. The van der Waals surface area contributed by atoms with E-state index in [0.717, 1.165) is 31.9 Å². The highest BCUT2D eigenvalue weighted by molar-refractivity contribution is 5.94. The van der Waals surface area contributed by atoms with Gasteiger partial charge in [-0.05, 0) is 24.4 Å². The molecule has 0 aliphatic rings. The summed E-state index contributed by atoms with van der Waals surface area (Å²) >= 11 is 0. The van der Waals surface area contributed by atoms with E-state index in [2.05, 4.69) is 48.0 Å². The Kier molecular flexibility index (Phi) is 5.13. The van der Waals surface area contributed by atoms with Gasteiger partial charge in [-0.15, -0.1) is 6.58 Å². The van der Waals surface area contributed by atoms with Crippen molar-refractivity contribution in [3.05, 3.63) is 48.7 Å². The highest BCUT2D eigenvalue weighted by Crippen LogP contribution is 2.27. The number of hydrogen-bond acceptors (Lipinski definition) is 3. The van der Waals surface area contributed by atoms with E-state index in [0.29, 0.717) is 0 Å². The van der Waals surface area contributed by atoms with Crippen LogP contribution in [0.1, 0.15) is 18.9 Å². The molecule has 3 nitrogen and oxygen atoms in total. The Hall–Kier alpha value is -1.87. The molecule has 20 heavy (non-hydrogen) atoms. The zero-order valence-electron chi connectivity index (χ0n) is 12.4. The molecule has 0 spiro atoms. The van der Waals surface area contributed by atoms with Crippen molar-refractivity contribution >= 4 is 16.6 Å². The zero-order chi connectivity index (χ0) is 14.4. The maximum absolute atomic E-state index is 4.70. The van der Waals surface area contributed by atoms with E-state index in [1.165, 1.54) is 16.3 Å². The first-order valence-electron chi connectivity index (χ1n) is 7.18. The van der Waals surface area contributed by atoms with Gasteiger partial charge in [0.1, 0.15) is 5.82 Å². The van der Waals surface area contributed by atoms with Crippen molar-refractivity contribution in [3.63, 3.8) is 0 Å². The van der Waals surface area contributed by atoms with Crippen LogP contribution in [0.5, 0.6) is 0 Å². The summed E-state index contributed by atoms with van der Waals surface area (Å²) in [6.45, 7) is 8.70. The predicted molar refractivity (Wildman–Crippen MR) is 87.2 cm³/mol. The van der Waals surface area contributed by atoms with E-state index >= 15 is 0 Å². The van der Waals surface area contributed by atoms with Gasteiger partial charge in [0.2, 0.25) is 0 Å². The van der Waals surface area contributed by atoms with Crippen LogP contribution in [0.3, 0.4) is 0 Å². The summed E-state index contributed by atoms with van der Waals surface area (Å²) in [5.74, 6) is 1.06. The number of fused-ring (bicyclic) bond motifs is 1. The van der Waals surface area contributed by atoms with Crippen LogP contribution < -0.4 is 10.2 Å². The second kappa shape index (κ2) is 7.06. The largest absolute Gasteiger partial charge is 0.352 e. The van der Waals surface area contributed by atoms with Gasteiger partial charge < -0.3 is 10.2 Å². The molecule has 3 heteroatoms. The number of pyridine rings is 1. The van der Waals surface area contributed by atoms with Crippen molar-refractivity contribution in [1.82, 2.24) is 10.3 Å². The summed E-state index contributed by atoms with van der Waals surface area (Å²) in [6, 6.07) is 8.49. The zero-order valence-corrected chi connectivity index (χ0v) is 12.4. The quantitative estimate of drug-likeness (QED) is 0.781. The van der Waals surface area contributed by atoms with Gasteiger partial charge in [-0.25, -0.2) is 4.98 Å². The smallest absolute Gasteiger partial charge is 0.136 e. The van der Waals surface area contributed by atoms with Crippen LogP contribution >= 0.6 is 0 Å². The van der Waals surface area contributed by atoms with Crippen molar-refractivity contribution in [2.75, 3.05) is 25.0 Å². The monoisotopic (exact) mass is 269 g/mol. The number of nitrogens with zero attached hydrogens (tertiary/aromatic N) is 2. The Bertz CT molecular complexity index is 577. The summed E-state index contributed by atoms with van der Waals surface area (Å²) in [5, 5.41) is 5.70. The van der Waals surface area contributed by atoms with Gasteiger partial charge in [0, 0.05) is 31.2 Å². The predicted octanol–water partition coefficient (Wildman–Crippen LogP) is 3.36. The minimum absolute atomic E-state index is 0.830. The van der Waals surface area contributed by atoms with Crippen molar-refractivity contribution in [2.45, 2.75) is 19.9 Å².